The Labute approximate surface area is 448 Å². The fourth-order valence-electron chi connectivity index (χ4n) is 10.9. The van der Waals surface area contributed by atoms with Gasteiger partial charge in [-0.25, -0.2) is 9.98 Å². The average molecular weight is 1210 g/mol. The Hall–Kier alpha value is -4.86. The monoisotopic (exact) mass is 1200 g/mol. The third kappa shape index (κ3) is 8.65. The van der Waals surface area contributed by atoms with Gasteiger partial charge in [-0.2, -0.15) is 0 Å². The summed E-state index contributed by atoms with van der Waals surface area (Å²) in [6.07, 6.45) is 8.38. The third-order valence-corrected chi connectivity index (χ3v) is 16.5. The number of hydrogen-bond donors (Lipinski definition) is 0. The van der Waals surface area contributed by atoms with Crippen LogP contribution in [0.5, 0.6) is 0 Å². The average Bonchev–Trinajstić information content (AvgIpc) is 4.03. The van der Waals surface area contributed by atoms with Crippen LogP contribution < -0.4 is 9.97 Å². The summed E-state index contributed by atoms with van der Waals surface area (Å²) < 4.78 is 4.28. The Kier molecular flexibility index (Phi) is 13.2. The summed E-state index contributed by atoms with van der Waals surface area (Å²) in [6.45, 7) is 13.0. The smallest absolute Gasteiger partial charge is 0.656 e. The fraction of sp³-hybridized carbons (Fsp3) is 0.167. The predicted octanol–water partition coefficient (Wildman–Crippen LogP) is 17.2. The van der Waals surface area contributed by atoms with Crippen molar-refractivity contribution in [3.05, 3.63) is 217 Å². The Balaban J connectivity index is 0.000000158. The van der Waals surface area contributed by atoms with Gasteiger partial charge in [0.25, 0.3) is 0 Å². The number of aromatic nitrogens is 2. The molecule has 2 aliphatic carbocycles. The summed E-state index contributed by atoms with van der Waals surface area (Å²) in [5.41, 5.74) is 26.0. The van der Waals surface area contributed by atoms with Crippen LogP contribution in [0.25, 0.3) is 56.2 Å². The maximum absolute atomic E-state index is 5.20. The van der Waals surface area contributed by atoms with Gasteiger partial charge in [-0.3, -0.25) is 0 Å². The van der Waals surface area contributed by atoms with E-state index in [1.165, 1.54) is 88.7 Å². The molecule has 69 heavy (non-hydrogen) atoms. The predicted molar refractivity (Wildman–Crippen MR) is 300 cm³/mol. The van der Waals surface area contributed by atoms with Gasteiger partial charge in [-0.15, -0.1) is 22.8 Å². The van der Waals surface area contributed by atoms with Crippen molar-refractivity contribution in [3.63, 3.8) is 0 Å². The Morgan fingerprint density at radius 3 is 1.22 bits per heavy atom. The van der Waals surface area contributed by atoms with Crippen molar-refractivity contribution in [3.8, 4) is 22.5 Å². The van der Waals surface area contributed by atoms with Crippen LogP contribution >= 0.6 is 63.7 Å². The minimum Gasteiger partial charge on any atom is -0.656 e. The second kappa shape index (κ2) is 19.0. The molecule has 8 aromatic rings. The molecule has 0 bridgehead atoms. The molecule has 0 unspecified atom stereocenters. The second-order valence-electron chi connectivity index (χ2n) is 18.5. The fourth-order valence-corrected chi connectivity index (χ4v) is 12.8. The first-order chi connectivity index (χ1) is 32.8. The first-order valence-electron chi connectivity index (χ1n) is 23.1. The van der Waals surface area contributed by atoms with Crippen molar-refractivity contribution in [1.82, 2.24) is 9.97 Å². The molecule has 6 aromatic carbocycles. The molecule has 4 nitrogen and oxygen atoms in total. The van der Waals surface area contributed by atoms with E-state index < -0.39 is 0 Å². The molecule has 4 aliphatic rings. The van der Waals surface area contributed by atoms with Crippen molar-refractivity contribution in [1.29, 1.82) is 0 Å². The molecule has 12 rings (SSSR count). The molecule has 0 fully saturated rings. The van der Waals surface area contributed by atoms with Crippen LogP contribution in [0.1, 0.15) is 79.9 Å². The number of allylic oxidation sites excluding steroid dienone is 4. The molecule has 345 valence electrons. The number of rotatable bonds is 4. The number of aryl methyl sites for hydroxylation is 8. The van der Waals surface area contributed by atoms with Gasteiger partial charge in [0, 0.05) is 29.0 Å². The summed E-state index contributed by atoms with van der Waals surface area (Å²) in [5.74, 6) is 0. The normalized spacial score (nSPS) is 16.0. The van der Waals surface area contributed by atoms with Gasteiger partial charge in [-0.05, 0) is 213 Å². The quantitative estimate of drug-likeness (QED) is 0.165. The Morgan fingerprint density at radius 2 is 0.826 bits per heavy atom. The van der Waals surface area contributed by atoms with Crippen LogP contribution in [0.15, 0.2) is 160 Å². The first kappa shape index (κ1) is 47.8. The molecule has 0 N–H and O–H groups in total. The van der Waals surface area contributed by atoms with Crippen molar-refractivity contribution < 1.29 is 17.1 Å². The molecular weight excluding hydrogens is 1160 g/mol. The van der Waals surface area contributed by atoms with E-state index in [0.717, 1.165) is 100.0 Å². The number of nitrogens with zero attached hydrogens (tertiary/aromatic N) is 4. The molecule has 2 aromatic heterocycles. The second-order valence-corrected chi connectivity index (χ2v) is 21.9. The molecule has 2 aliphatic heterocycles. The van der Waals surface area contributed by atoms with Crippen molar-refractivity contribution in [2.45, 2.75) is 67.2 Å². The van der Waals surface area contributed by atoms with E-state index in [9.17, 15) is 0 Å². The topological polar surface area (TPSA) is 52.9 Å². The molecule has 0 spiro atoms. The summed E-state index contributed by atoms with van der Waals surface area (Å²) in [6, 6.07) is 39.1. The minimum absolute atomic E-state index is 0. The molecule has 0 atom stereocenters. The molecular formula is C60H46Br4CuN4. The van der Waals surface area contributed by atoms with E-state index >= 15 is 0 Å². The van der Waals surface area contributed by atoms with Crippen LogP contribution in [0, 0.1) is 41.5 Å². The number of benzene rings is 6. The molecule has 0 amide bonds. The van der Waals surface area contributed by atoms with E-state index in [1.807, 2.05) is 0 Å². The zero-order chi connectivity index (χ0) is 47.1. The number of fused-ring (bicyclic) bond motifs is 8. The van der Waals surface area contributed by atoms with Crippen molar-refractivity contribution in [2.75, 3.05) is 0 Å². The van der Waals surface area contributed by atoms with Gasteiger partial charge in [-0.1, -0.05) is 128 Å². The molecule has 4 heterocycles. The summed E-state index contributed by atoms with van der Waals surface area (Å²) in [7, 11) is 0. The van der Waals surface area contributed by atoms with Gasteiger partial charge in [0.15, 0.2) is 0 Å². The molecule has 9 heteroatoms. The summed E-state index contributed by atoms with van der Waals surface area (Å²) in [4.78, 5) is 20.6. The Morgan fingerprint density at radius 1 is 0.449 bits per heavy atom. The Bertz CT molecular complexity index is 3400. The van der Waals surface area contributed by atoms with Crippen LogP contribution in [-0.2, 0) is 29.9 Å². The summed E-state index contributed by atoms with van der Waals surface area (Å²) >= 11 is 15.1. The zero-order valence-electron chi connectivity index (χ0n) is 39.0. The standard InChI is InChI=1S/2C30H23Br2N2.Cu/c2*1-16-12-17(2)27(18(3)13-16)30-22-11-9-20(31)14-24(22)25(33-30)15-26-28(32)23-10-8-19-6-4-5-7-21(19)29(23)34-26;/h2*4-7,9,11-15H,8,10H2,1-3H3;/q2*-1;+2/b2*26-15-;. The van der Waals surface area contributed by atoms with Gasteiger partial charge < -0.3 is 9.97 Å². The maximum Gasteiger partial charge on any atom is 2.00 e. The van der Waals surface area contributed by atoms with E-state index in [0.29, 0.717) is 0 Å². The van der Waals surface area contributed by atoms with E-state index in [2.05, 4.69) is 227 Å². The molecule has 1 radical (unpaired) electrons. The molecule has 0 saturated heterocycles. The molecule has 0 saturated carbocycles. The van der Waals surface area contributed by atoms with Crippen LogP contribution in [-0.4, -0.2) is 11.4 Å². The van der Waals surface area contributed by atoms with Crippen molar-refractivity contribution in [2.24, 2.45) is 9.98 Å². The van der Waals surface area contributed by atoms with Crippen LogP contribution in [0.4, 0.5) is 0 Å². The third-order valence-electron chi connectivity index (χ3n) is 13.7. The number of aliphatic imine (C=N–C) groups is 2. The van der Waals surface area contributed by atoms with Crippen LogP contribution in [0.2, 0.25) is 0 Å². The first-order valence-corrected chi connectivity index (χ1v) is 26.2. The van der Waals surface area contributed by atoms with Crippen LogP contribution in [0.3, 0.4) is 0 Å². The van der Waals surface area contributed by atoms with E-state index in [4.69, 9.17) is 20.0 Å². The van der Waals surface area contributed by atoms with E-state index in [1.54, 1.807) is 0 Å². The van der Waals surface area contributed by atoms with Gasteiger partial charge in [0.2, 0.25) is 0 Å². The van der Waals surface area contributed by atoms with Gasteiger partial charge in [0.05, 0.1) is 22.8 Å². The summed E-state index contributed by atoms with van der Waals surface area (Å²) in [5, 5.41) is 4.61. The number of hydrogen-bond acceptors (Lipinski definition) is 2. The maximum atomic E-state index is 5.20. The van der Waals surface area contributed by atoms with E-state index in [-0.39, 0.29) is 17.1 Å². The SMILES string of the molecule is Cc1cc(C)c(-c2[n-]c(/C=C3\N=C4C(=C3Br)CCc3ccccc34)c3cc(Br)ccc23)c(C)c1.Cc1cc(C)c(-c2[n-]c(/C=C3\N=C4C(=C3Br)CCc3ccccc34)c3cc(Br)ccc23)c(C)c1.[Cu+2]. The largest absolute Gasteiger partial charge is 2.00 e. The minimum atomic E-state index is 0. The van der Waals surface area contributed by atoms with Crippen molar-refractivity contribution >= 4 is 109 Å². The zero-order valence-corrected chi connectivity index (χ0v) is 46.3. The van der Waals surface area contributed by atoms with Gasteiger partial charge >= 0.3 is 17.1 Å². The van der Waals surface area contributed by atoms with Gasteiger partial charge in [0.1, 0.15) is 0 Å². The number of halogens is 4.